The summed E-state index contributed by atoms with van der Waals surface area (Å²) in [5, 5.41) is 9.72. The van der Waals surface area contributed by atoms with Crippen LogP contribution in [0.1, 0.15) is 22.3 Å². The number of phenols is 1. The van der Waals surface area contributed by atoms with Crippen LogP contribution >= 0.6 is 0 Å². The number of nitrogens with two attached hydrogens (primary N) is 1. The number of aromatic hydroxyl groups is 1. The lowest BCUT2D eigenvalue weighted by Crippen LogP contribution is -2.35. The van der Waals surface area contributed by atoms with Gasteiger partial charge < -0.3 is 15.7 Å². The van der Waals surface area contributed by atoms with Gasteiger partial charge in [0.1, 0.15) is 5.75 Å². The van der Waals surface area contributed by atoms with Crippen LogP contribution in [0.25, 0.3) is 0 Å². The van der Waals surface area contributed by atoms with Crippen molar-refractivity contribution in [2.45, 2.75) is 12.8 Å². The molecule has 0 atom stereocenters. The van der Waals surface area contributed by atoms with Crippen molar-refractivity contribution in [1.82, 2.24) is 4.90 Å². The van der Waals surface area contributed by atoms with Gasteiger partial charge in [-0.3, -0.25) is 4.79 Å². The van der Waals surface area contributed by atoms with Gasteiger partial charge in [0.05, 0.1) is 0 Å². The number of hydrogen-bond acceptors (Lipinski definition) is 3. The molecule has 0 bridgehead atoms. The number of fused-ring (bicyclic) bond motifs is 1. The maximum Gasteiger partial charge on any atom is 0.254 e. The van der Waals surface area contributed by atoms with E-state index in [2.05, 4.69) is 0 Å². The highest BCUT2D eigenvalue weighted by atomic mass is 16.3. The molecule has 0 aromatic heterocycles. The van der Waals surface area contributed by atoms with Crippen LogP contribution in [0.2, 0.25) is 0 Å². The molecule has 1 aromatic carbocycles. The molecule has 16 heavy (non-hydrogen) atoms. The average molecular weight is 220 g/mol. The summed E-state index contributed by atoms with van der Waals surface area (Å²) in [6.07, 6.45) is 1.62. The molecule has 0 fully saturated rings. The normalized spacial score (nSPS) is 15.8. The number of rotatable bonds is 2. The second-order valence-corrected chi connectivity index (χ2v) is 3.99. The molecular formula is C12H16N2O2. The Labute approximate surface area is 94.7 Å². The van der Waals surface area contributed by atoms with Crippen molar-refractivity contribution in [3.8, 4) is 5.75 Å². The predicted molar refractivity (Wildman–Crippen MR) is 61.4 cm³/mol. The van der Waals surface area contributed by atoms with Crippen LogP contribution < -0.4 is 5.73 Å². The van der Waals surface area contributed by atoms with Gasteiger partial charge in [0.2, 0.25) is 0 Å². The van der Waals surface area contributed by atoms with Crippen molar-refractivity contribution < 1.29 is 9.90 Å². The summed E-state index contributed by atoms with van der Waals surface area (Å²) in [6.45, 7) is 1.76. The fraction of sp³-hybridized carbons (Fsp3) is 0.417. The van der Waals surface area contributed by atoms with Crippen molar-refractivity contribution in [2.75, 3.05) is 19.6 Å². The molecule has 0 saturated heterocycles. The van der Waals surface area contributed by atoms with Crippen LogP contribution in [-0.4, -0.2) is 35.5 Å². The van der Waals surface area contributed by atoms with Crippen molar-refractivity contribution >= 4 is 5.91 Å². The van der Waals surface area contributed by atoms with E-state index in [0.29, 0.717) is 25.2 Å². The van der Waals surface area contributed by atoms with E-state index in [1.54, 1.807) is 23.1 Å². The standard InChI is InChI=1S/C12H16N2O2/c13-6-8-14-7-2-4-9-10(12(14)16)3-1-5-11(9)15/h1,3,5,15H,2,4,6-8,13H2. The zero-order valence-electron chi connectivity index (χ0n) is 9.15. The van der Waals surface area contributed by atoms with Crippen LogP contribution in [0, 0.1) is 0 Å². The van der Waals surface area contributed by atoms with Crippen molar-refractivity contribution in [2.24, 2.45) is 5.73 Å². The second kappa shape index (κ2) is 4.53. The molecule has 1 amide bonds. The molecule has 2 rings (SSSR count). The quantitative estimate of drug-likeness (QED) is 0.772. The third kappa shape index (κ3) is 1.88. The average Bonchev–Trinajstić information content (AvgIpc) is 2.43. The van der Waals surface area contributed by atoms with E-state index in [4.69, 9.17) is 5.73 Å². The Balaban J connectivity index is 2.37. The number of phenolic OH excluding ortho intramolecular Hbond substituents is 1. The summed E-state index contributed by atoms with van der Waals surface area (Å²) in [7, 11) is 0. The molecular weight excluding hydrogens is 204 g/mol. The minimum absolute atomic E-state index is 0.0196. The number of amides is 1. The predicted octanol–water partition coefficient (Wildman–Crippen LogP) is 0.739. The van der Waals surface area contributed by atoms with E-state index in [0.717, 1.165) is 18.4 Å². The molecule has 0 radical (unpaired) electrons. The van der Waals surface area contributed by atoms with Crippen LogP contribution in [0.3, 0.4) is 0 Å². The van der Waals surface area contributed by atoms with Gasteiger partial charge in [-0.2, -0.15) is 0 Å². The van der Waals surface area contributed by atoms with E-state index >= 15 is 0 Å². The van der Waals surface area contributed by atoms with E-state index in [9.17, 15) is 9.90 Å². The lowest BCUT2D eigenvalue weighted by molar-refractivity contribution is 0.0765. The molecule has 1 aliphatic heterocycles. The number of hydrogen-bond donors (Lipinski definition) is 2. The number of carbonyl (C=O) groups excluding carboxylic acids is 1. The first-order valence-corrected chi connectivity index (χ1v) is 5.54. The van der Waals surface area contributed by atoms with Crippen molar-refractivity contribution in [3.05, 3.63) is 29.3 Å². The Hall–Kier alpha value is -1.55. The third-order valence-electron chi connectivity index (χ3n) is 2.92. The van der Waals surface area contributed by atoms with Gasteiger partial charge in [-0.1, -0.05) is 6.07 Å². The topological polar surface area (TPSA) is 66.6 Å². The van der Waals surface area contributed by atoms with Gasteiger partial charge in [0.25, 0.3) is 5.91 Å². The van der Waals surface area contributed by atoms with Crippen molar-refractivity contribution in [1.29, 1.82) is 0 Å². The van der Waals surface area contributed by atoms with Gasteiger partial charge in [0, 0.05) is 30.8 Å². The molecule has 1 heterocycles. The first-order chi connectivity index (χ1) is 7.74. The van der Waals surface area contributed by atoms with Gasteiger partial charge in [-0.25, -0.2) is 0 Å². The summed E-state index contributed by atoms with van der Waals surface area (Å²) < 4.78 is 0. The summed E-state index contributed by atoms with van der Waals surface area (Å²) in [5.41, 5.74) is 6.87. The molecule has 4 nitrogen and oxygen atoms in total. The van der Waals surface area contributed by atoms with E-state index < -0.39 is 0 Å². The minimum Gasteiger partial charge on any atom is -0.508 e. The zero-order chi connectivity index (χ0) is 11.5. The largest absolute Gasteiger partial charge is 0.508 e. The number of benzene rings is 1. The smallest absolute Gasteiger partial charge is 0.254 e. The Morgan fingerprint density at radius 1 is 1.44 bits per heavy atom. The Bertz CT molecular complexity index is 404. The molecule has 0 unspecified atom stereocenters. The Morgan fingerprint density at radius 3 is 3.00 bits per heavy atom. The zero-order valence-corrected chi connectivity index (χ0v) is 9.15. The van der Waals surface area contributed by atoms with E-state index in [-0.39, 0.29) is 11.7 Å². The number of carbonyl (C=O) groups is 1. The molecule has 86 valence electrons. The molecule has 0 saturated carbocycles. The van der Waals surface area contributed by atoms with Crippen LogP contribution in [-0.2, 0) is 6.42 Å². The Kier molecular flexibility index (Phi) is 3.10. The first kappa shape index (κ1) is 11.0. The van der Waals surface area contributed by atoms with Crippen LogP contribution in [0.4, 0.5) is 0 Å². The van der Waals surface area contributed by atoms with Gasteiger partial charge in [-0.15, -0.1) is 0 Å². The molecule has 0 spiro atoms. The minimum atomic E-state index is -0.0196. The highest BCUT2D eigenvalue weighted by molar-refractivity contribution is 5.96. The molecule has 3 N–H and O–H groups in total. The lowest BCUT2D eigenvalue weighted by atomic mass is 10.0. The van der Waals surface area contributed by atoms with Crippen LogP contribution in [0.15, 0.2) is 18.2 Å². The molecule has 1 aliphatic rings. The molecule has 4 heteroatoms. The van der Waals surface area contributed by atoms with Gasteiger partial charge >= 0.3 is 0 Å². The lowest BCUT2D eigenvalue weighted by Gasteiger charge is -2.19. The van der Waals surface area contributed by atoms with Gasteiger partial charge in [-0.05, 0) is 25.0 Å². The van der Waals surface area contributed by atoms with Crippen molar-refractivity contribution in [3.63, 3.8) is 0 Å². The highest BCUT2D eigenvalue weighted by Gasteiger charge is 2.23. The maximum absolute atomic E-state index is 12.1. The Morgan fingerprint density at radius 2 is 2.25 bits per heavy atom. The maximum atomic E-state index is 12.1. The van der Waals surface area contributed by atoms with E-state index in [1.807, 2.05) is 0 Å². The van der Waals surface area contributed by atoms with E-state index in [1.165, 1.54) is 0 Å². The molecule has 0 aliphatic carbocycles. The third-order valence-corrected chi connectivity index (χ3v) is 2.92. The summed E-state index contributed by atoms with van der Waals surface area (Å²) in [5.74, 6) is 0.203. The second-order valence-electron chi connectivity index (χ2n) is 3.99. The summed E-state index contributed by atoms with van der Waals surface area (Å²) >= 11 is 0. The summed E-state index contributed by atoms with van der Waals surface area (Å²) in [4.78, 5) is 13.9. The highest BCUT2D eigenvalue weighted by Crippen LogP contribution is 2.26. The fourth-order valence-corrected chi connectivity index (χ4v) is 2.13. The first-order valence-electron chi connectivity index (χ1n) is 5.54. The molecule has 1 aromatic rings. The SMILES string of the molecule is NCCN1CCCc2c(O)cccc2C1=O. The monoisotopic (exact) mass is 220 g/mol. The van der Waals surface area contributed by atoms with Crippen LogP contribution in [0.5, 0.6) is 5.75 Å². The summed E-state index contributed by atoms with van der Waals surface area (Å²) in [6, 6.07) is 5.11. The fourth-order valence-electron chi connectivity index (χ4n) is 2.13. The number of nitrogens with zero attached hydrogens (tertiary/aromatic N) is 1. The van der Waals surface area contributed by atoms with Gasteiger partial charge in [0.15, 0.2) is 0 Å².